The maximum absolute atomic E-state index is 10.7. The van der Waals surface area contributed by atoms with Gasteiger partial charge in [0.1, 0.15) is 0 Å². The highest BCUT2D eigenvalue weighted by Gasteiger charge is 2.34. The van der Waals surface area contributed by atoms with Crippen molar-refractivity contribution in [2.24, 2.45) is 0 Å². The van der Waals surface area contributed by atoms with Crippen LogP contribution in [-0.2, 0) is 4.74 Å². The second-order valence-electron chi connectivity index (χ2n) is 3.14. The number of aliphatic hydroxyl groups excluding tert-OH is 1. The van der Waals surface area contributed by atoms with E-state index in [-0.39, 0.29) is 12.6 Å². The van der Waals surface area contributed by atoms with E-state index in [9.17, 15) is 9.90 Å². The van der Waals surface area contributed by atoms with E-state index in [1.54, 1.807) is 0 Å². The minimum atomic E-state index is -0.985. The molecule has 0 aromatic rings. The van der Waals surface area contributed by atoms with Gasteiger partial charge in [-0.15, -0.1) is 0 Å². The Balaban J connectivity index is 2.45. The fraction of sp³-hybridized carbons (Fsp3) is 0.875. The number of rotatable bonds is 3. The Morgan fingerprint density at radius 2 is 2.38 bits per heavy atom. The molecule has 2 N–H and O–H groups in total. The number of ether oxygens (including phenoxy) is 1. The lowest BCUT2D eigenvalue weighted by molar-refractivity contribution is 0.0790. The van der Waals surface area contributed by atoms with Crippen molar-refractivity contribution in [1.29, 1.82) is 0 Å². The van der Waals surface area contributed by atoms with Crippen molar-refractivity contribution in [3.63, 3.8) is 0 Å². The molecule has 0 radical (unpaired) electrons. The smallest absolute Gasteiger partial charge is 0.407 e. The third-order valence-corrected chi connectivity index (χ3v) is 2.15. The Bertz CT molecular complexity index is 185. The highest BCUT2D eigenvalue weighted by molar-refractivity contribution is 5.66. The van der Waals surface area contributed by atoms with E-state index in [4.69, 9.17) is 9.84 Å². The molecule has 2 atom stereocenters. The molecule has 1 saturated heterocycles. The number of likely N-dealkylation sites (tertiary alicyclic amines) is 1. The predicted molar refractivity (Wildman–Crippen MR) is 45.6 cm³/mol. The summed E-state index contributed by atoms with van der Waals surface area (Å²) in [5, 5.41) is 18.0. The van der Waals surface area contributed by atoms with Crippen LogP contribution in [0.4, 0.5) is 4.79 Å². The molecular weight excluding hydrogens is 174 g/mol. The monoisotopic (exact) mass is 189 g/mol. The fourth-order valence-electron chi connectivity index (χ4n) is 1.54. The fourth-order valence-corrected chi connectivity index (χ4v) is 1.54. The van der Waals surface area contributed by atoms with E-state index in [0.29, 0.717) is 19.6 Å². The highest BCUT2D eigenvalue weighted by Crippen LogP contribution is 2.17. The summed E-state index contributed by atoms with van der Waals surface area (Å²) >= 11 is 0. The van der Waals surface area contributed by atoms with Crippen LogP contribution in [0.15, 0.2) is 0 Å². The minimum absolute atomic E-state index is 0.188. The average Bonchev–Trinajstić information content (AvgIpc) is 2.43. The number of carboxylic acid groups (broad SMARTS) is 1. The Hall–Kier alpha value is -0.810. The van der Waals surface area contributed by atoms with Gasteiger partial charge in [0.05, 0.1) is 25.3 Å². The van der Waals surface area contributed by atoms with Crippen LogP contribution < -0.4 is 0 Å². The van der Waals surface area contributed by atoms with E-state index in [1.807, 2.05) is 6.92 Å². The zero-order valence-electron chi connectivity index (χ0n) is 7.64. The normalized spacial score (nSPS) is 28.0. The molecule has 0 aromatic carbocycles. The lowest BCUT2D eigenvalue weighted by Gasteiger charge is -2.20. The summed E-state index contributed by atoms with van der Waals surface area (Å²) < 4.78 is 5.13. The lowest BCUT2D eigenvalue weighted by Crippen LogP contribution is -2.37. The standard InChI is InChI=1S/C8H15NO4/c1-2-13-5-6-3-7(10)4-9(6)8(11)12/h6-7,10H,2-5H2,1H3,(H,11,12)/t6-,7+/m1/s1. The molecule has 0 aromatic heterocycles. The van der Waals surface area contributed by atoms with Gasteiger partial charge in [-0.3, -0.25) is 0 Å². The third kappa shape index (κ3) is 2.57. The number of carbonyl (C=O) groups is 1. The number of β-amino-alcohol motifs (C(OH)–C–C–N with tert-alkyl or cyclic N) is 1. The number of hydrogen-bond donors (Lipinski definition) is 2. The maximum atomic E-state index is 10.7. The van der Waals surface area contributed by atoms with Crippen molar-refractivity contribution < 1.29 is 19.7 Å². The molecule has 76 valence electrons. The molecule has 0 saturated carbocycles. The molecule has 5 heteroatoms. The van der Waals surface area contributed by atoms with Crippen LogP contribution in [0.3, 0.4) is 0 Å². The van der Waals surface area contributed by atoms with Crippen molar-refractivity contribution in [3.05, 3.63) is 0 Å². The van der Waals surface area contributed by atoms with Crippen molar-refractivity contribution in [3.8, 4) is 0 Å². The maximum Gasteiger partial charge on any atom is 0.407 e. The highest BCUT2D eigenvalue weighted by atomic mass is 16.5. The van der Waals surface area contributed by atoms with Gasteiger partial charge < -0.3 is 19.8 Å². The lowest BCUT2D eigenvalue weighted by atomic mass is 10.2. The van der Waals surface area contributed by atoms with E-state index < -0.39 is 12.2 Å². The molecule has 0 aliphatic carbocycles. The van der Waals surface area contributed by atoms with E-state index in [2.05, 4.69) is 0 Å². The van der Waals surface area contributed by atoms with Gasteiger partial charge in [0.15, 0.2) is 0 Å². The summed E-state index contributed by atoms with van der Waals surface area (Å²) in [5.41, 5.74) is 0. The zero-order valence-corrected chi connectivity index (χ0v) is 7.64. The van der Waals surface area contributed by atoms with Crippen LogP contribution in [0, 0.1) is 0 Å². The number of nitrogens with zero attached hydrogens (tertiary/aromatic N) is 1. The average molecular weight is 189 g/mol. The first-order valence-corrected chi connectivity index (χ1v) is 4.40. The second-order valence-corrected chi connectivity index (χ2v) is 3.14. The third-order valence-electron chi connectivity index (χ3n) is 2.15. The van der Waals surface area contributed by atoms with Crippen molar-refractivity contribution >= 4 is 6.09 Å². The molecular formula is C8H15NO4. The number of aliphatic hydroxyl groups is 1. The molecule has 1 heterocycles. The van der Waals surface area contributed by atoms with Gasteiger partial charge in [-0.1, -0.05) is 0 Å². The molecule has 0 spiro atoms. The van der Waals surface area contributed by atoms with E-state index in [0.717, 1.165) is 0 Å². The predicted octanol–water partition coefficient (Wildman–Crippen LogP) is 0.136. The summed E-state index contributed by atoms with van der Waals surface area (Å²) in [5.74, 6) is 0. The minimum Gasteiger partial charge on any atom is -0.465 e. The quantitative estimate of drug-likeness (QED) is 0.662. The van der Waals surface area contributed by atoms with Gasteiger partial charge in [-0.25, -0.2) is 4.79 Å². The molecule has 0 bridgehead atoms. The van der Waals surface area contributed by atoms with Crippen molar-refractivity contribution in [1.82, 2.24) is 4.90 Å². The SMILES string of the molecule is CCOC[C@H]1C[C@H](O)CN1C(=O)O. The molecule has 0 unspecified atom stereocenters. The van der Waals surface area contributed by atoms with Gasteiger partial charge in [-0.2, -0.15) is 0 Å². The van der Waals surface area contributed by atoms with Gasteiger partial charge in [0.25, 0.3) is 0 Å². The first-order valence-electron chi connectivity index (χ1n) is 4.40. The molecule has 1 amide bonds. The van der Waals surface area contributed by atoms with Crippen LogP contribution in [0.2, 0.25) is 0 Å². The summed E-state index contributed by atoms with van der Waals surface area (Å²) in [6.45, 7) is 3.00. The van der Waals surface area contributed by atoms with Gasteiger partial charge >= 0.3 is 6.09 Å². The first-order chi connectivity index (χ1) is 6.15. The molecule has 1 aliphatic heterocycles. The molecule has 13 heavy (non-hydrogen) atoms. The summed E-state index contributed by atoms with van der Waals surface area (Å²) in [7, 11) is 0. The van der Waals surface area contributed by atoms with Crippen LogP contribution in [0.1, 0.15) is 13.3 Å². The van der Waals surface area contributed by atoms with E-state index in [1.165, 1.54) is 4.90 Å². The Labute approximate surface area is 76.9 Å². The van der Waals surface area contributed by atoms with Crippen LogP contribution in [0.5, 0.6) is 0 Å². The van der Waals surface area contributed by atoms with Crippen LogP contribution >= 0.6 is 0 Å². The summed E-state index contributed by atoms with van der Waals surface area (Å²) in [4.78, 5) is 11.9. The Morgan fingerprint density at radius 3 is 2.92 bits per heavy atom. The summed E-state index contributed by atoms with van der Waals surface area (Å²) in [6.07, 6.45) is -1.05. The molecule has 1 fully saturated rings. The second kappa shape index (κ2) is 4.43. The zero-order chi connectivity index (χ0) is 9.84. The van der Waals surface area contributed by atoms with Gasteiger partial charge in [0.2, 0.25) is 0 Å². The summed E-state index contributed by atoms with van der Waals surface area (Å²) in [6, 6.07) is -0.188. The van der Waals surface area contributed by atoms with Gasteiger partial charge in [-0.05, 0) is 13.3 Å². The Kier molecular flexibility index (Phi) is 3.50. The molecule has 1 aliphatic rings. The molecule has 1 rings (SSSR count). The van der Waals surface area contributed by atoms with Gasteiger partial charge in [0, 0.05) is 6.61 Å². The topological polar surface area (TPSA) is 70.0 Å². The van der Waals surface area contributed by atoms with Crippen LogP contribution in [0.25, 0.3) is 0 Å². The largest absolute Gasteiger partial charge is 0.465 e. The first kappa shape index (κ1) is 10.3. The Morgan fingerprint density at radius 1 is 1.69 bits per heavy atom. The van der Waals surface area contributed by atoms with Crippen molar-refractivity contribution in [2.75, 3.05) is 19.8 Å². The van der Waals surface area contributed by atoms with E-state index >= 15 is 0 Å². The van der Waals surface area contributed by atoms with Crippen LogP contribution in [-0.4, -0.2) is 53.1 Å². The van der Waals surface area contributed by atoms with Crippen molar-refractivity contribution in [2.45, 2.75) is 25.5 Å². The number of amides is 1. The number of hydrogen-bond acceptors (Lipinski definition) is 3. The molecule has 5 nitrogen and oxygen atoms in total.